The summed E-state index contributed by atoms with van der Waals surface area (Å²) in [6.45, 7) is 13.7. The Morgan fingerprint density at radius 2 is 1.32 bits per heavy atom. The second-order valence-electron chi connectivity index (χ2n) is 19.5. The summed E-state index contributed by atoms with van der Waals surface area (Å²) >= 11 is 0. The predicted octanol–water partition coefficient (Wildman–Crippen LogP) is 16.3. The number of benzene rings is 8. The molecule has 0 amide bonds. The predicted molar refractivity (Wildman–Crippen MR) is 292 cm³/mol. The maximum Gasteiger partial charge on any atom is 0.268 e. The van der Waals surface area contributed by atoms with Crippen molar-refractivity contribution >= 4 is 32.8 Å². The summed E-state index contributed by atoms with van der Waals surface area (Å²) in [5.41, 5.74) is 8.99. The van der Waals surface area contributed by atoms with E-state index in [0.29, 0.717) is 45.0 Å². The first kappa shape index (κ1) is 38.4. The van der Waals surface area contributed by atoms with Crippen LogP contribution >= 0.6 is 0 Å². The van der Waals surface area contributed by atoms with Gasteiger partial charge in [-0.2, -0.15) is 18.2 Å². The van der Waals surface area contributed by atoms with Crippen LogP contribution in [0.4, 0.5) is 0 Å². The SMILES string of the molecule is [2H]c1c([2H])c([2H])c(-c2cccc(-c3cc(C([2H])([2H])C(C)C)cc(C([2H])([2H])C(C)C)c3)c2-[n+]2[c-]n(-c3[c-]c(Oc4[c-]c5c(cc4)c4cc(-c6ccccc6)ccc4n5-c4cc(C(C)(C)C)ccn4)ccc3)c3ccccc32)c([2H])c1[2H].[Pt]. The average Bonchev–Trinajstić information content (AvgIpc) is 3.22. The Morgan fingerprint density at radius 3 is 2.06 bits per heavy atom. The fraction of sp³-hybridized carbons (Fsp3) is 0.182. The number of fused-ring (bicyclic) bond motifs is 4. The summed E-state index contributed by atoms with van der Waals surface area (Å²) in [7, 11) is 0. The number of nitrogens with zero attached hydrogens (tertiary/aromatic N) is 4. The molecule has 6 heteroatoms. The van der Waals surface area contributed by atoms with Crippen molar-refractivity contribution in [3.05, 3.63) is 223 Å². The molecule has 0 saturated heterocycles. The summed E-state index contributed by atoms with van der Waals surface area (Å²) in [4.78, 5) is 4.90. The molecule has 0 fully saturated rings. The molecule has 0 aliphatic rings. The van der Waals surface area contributed by atoms with Crippen LogP contribution in [-0.4, -0.2) is 14.1 Å². The Morgan fingerprint density at radius 1 is 0.625 bits per heavy atom. The van der Waals surface area contributed by atoms with Gasteiger partial charge in [-0.3, -0.25) is 4.57 Å². The Kier molecular flexibility index (Phi) is 10.7. The van der Waals surface area contributed by atoms with E-state index in [1.54, 1.807) is 62.6 Å². The maximum absolute atomic E-state index is 9.27. The Balaban J connectivity index is 0.00000736. The van der Waals surface area contributed by atoms with Crippen molar-refractivity contribution in [3.8, 4) is 62.1 Å². The molecule has 3 aromatic heterocycles. The van der Waals surface area contributed by atoms with Crippen LogP contribution in [0, 0.1) is 30.3 Å². The van der Waals surface area contributed by atoms with E-state index in [4.69, 9.17) is 13.8 Å². The molecule has 0 bridgehead atoms. The molecule has 72 heavy (non-hydrogen) atoms. The number of ether oxygens (including phenoxy) is 1. The molecule has 5 nitrogen and oxygen atoms in total. The van der Waals surface area contributed by atoms with Gasteiger partial charge in [0.05, 0.1) is 23.6 Å². The molecule has 0 saturated carbocycles. The van der Waals surface area contributed by atoms with Crippen molar-refractivity contribution in [1.29, 1.82) is 0 Å². The van der Waals surface area contributed by atoms with Gasteiger partial charge in [0.2, 0.25) is 0 Å². The van der Waals surface area contributed by atoms with Gasteiger partial charge in [0.1, 0.15) is 5.82 Å². The minimum absolute atomic E-state index is 0. The fourth-order valence-corrected chi connectivity index (χ4v) is 9.41. The molecule has 8 aromatic carbocycles. The van der Waals surface area contributed by atoms with Crippen LogP contribution in [0.5, 0.6) is 11.5 Å². The number of imidazole rings is 1. The normalized spacial score (nSPS) is 14.0. The van der Waals surface area contributed by atoms with Crippen LogP contribution in [0.1, 0.15) is 77.5 Å². The number of pyridine rings is 1. The molecule has 11 rings (SSSR count). The second kappa shape index (κ2) is 20.1. The molecule has 0 aliphatic carbocycles. The molecule has 360 valence electrons. The van der Waals surface area contributed by atoms with Gasteiger partial charge < -0.3 is 13.9 Å². The summed E-state index contributed by atoms with van der Waals surface area (Å²) in [6.07, 6.45) is 1.67. The third-order valence-electron chi connectivity index (χ3n) is 12.6. The molecule has 3 heterocycles. The number of aromatic nitrogens is 4. The van der Waals surface area contributed by atoms with Crippen molar-refractivity contribution in [2.45, 2.75) is 66.6 Å². The molecule has 0 spiro atoms. The van der Waals surface area contributed by atoms with Crippen LogP contribution in [0.2, 0.25) is 0 Å². The zero-order chi connectivity index (χ0) is 56.7. The van der Waals surface area contributed by atoms with Crippen molar-refractivity contribution in [2.75, 3.05) is 0 Å². The zero-order valence-electron chi connectivity index (χ0n) is 50.2. The van der Waals surface area contributed by atoms with Crippen LogP contribution in [0.25, 0.3) is 83.4 Å². The van der Waals surface area contributed by atoms with E-state index in [2.05, 4.69) is 92.3 Å². The summed E-state index contributed by atoms with van der Waals surface area (Å²) in [6, 6.07) is 53.2. The standard InChI is InChI=1S/C66H58N4O.Pt/c1-44(2)34-46-36-47(35-45(3)4)38-51(37-46)57-25-17-24-56(49-20-12-9-13-21-49)65(57)69-43-68(61-26-14-15-27-62(61)69)53-22-16-23-54(41-53)71-55-29-30-58-59-39-50(48-18-10-8-11-19-48)28-31-60(59)70(63(58)42-55)64-40-52(32-33-67-64)66(5,6)7;/h8-33,36-40,44-45H,34-35H2,1-7H3;/q-2;/i9D,12D,13D,20D,21D,34D2,35D2;. The molecular formula is C66H58N4OPt-2. The topological polar surface area (TPSA) is 35.9 Å². The van der Waals surface area contributed by atoms with E-state index < -0.39 is 54.8 Å². The van der Waals surface area contributed by atoms with Crippen molar-refractivity contribution < 1.29 is 42.7 Å². The van der Waals surface area contributed by atoms with E-state index >= 15 is 0 Å². The Hall–Kier alpha value is -7.33. The molecule has 0 radical (unpaired) electrons. The average molecular weight is 1130 g/mol. The van der Waals surface area contributed by atoms with Gasteiger partial charge >= 0.3 is 0 Å². The van der Waals surface area contributed by atoms with E-state index in [0.717, 1.165) is 44.3 Å². The van der Waals surface area contributed by atoms with E-state index in [9.17, 15) is 8.22 Å². The van der Waals surface area contributed by atoms with Crippen molar-refractivity contribution in [3.63, 3.8) is 0 Å². The molecular weight excluding hydrogens is 1060 g/mol. The van der Waals surface area contributed by atoms with Gasteiger partial charge in [-0.15, -0.1) is 29.7 Å². The molecule has 11 aromatic rings. The van der Waals surface area contributed by atoms with Gasteiger partial charge in [-0.1, -0.05) is 187 Å². The maximum atomic E-state index is 9.27. The van der Waals surface area contributed by atoms with E-state index in [1.165, 1.54) is 0 Å². The number of para-hydroxylation sites is 3. The monoisotopic (exact) mass is 1130 g/mol. The largest absolute Gasteiger partial charge is 0.510 e. The summed E-state index contributed by atoms with van der Waals surface area (Å²) in [5, 5.41) is 2.02. The quantitative estimate of drug-likeness (QED) is 0.0903. The van der Waals surface area contributed by atoms with Gasteiger partial charge in [-0.05, 0) is 109 Å². The molecule has 0 N–H and O–H groups in total. The second-order valence-corrected chi connectivity index (χ2v) is 19.5. The van der Waals surface area contributed by atoms with Gasteiger partial charge in [-0.25, -0.2) is 4.98 Å². The Bertz CT molecular complexity index is 4170. The minimum Gasteiger partial charge on any atom is -0.510 e. The van der Waals surface area contributed by atoms with Crippen LogP contribution in [0.3, 0.4) is 0 Å². The number of hydrogen-bond acceptors (Lipinski definition) is 2. The number of rotatable bonds is 12. The van der Waals surface area contributed by atoms with Crippen LogP contribution < -0.4 is 9.30 Å². The molecule has 0 atom stereocenters. The third-order valence-corrected chi connectivity index (χ3v) is 12.6. The van der Waals surface area contributed by atoms with Gasteiger partial charge in [0.15, 0.2) is 0 Å². The van der Waals surface area contributed by atoms with Crippen LogP contribution in [-0.2, 0) is 39.2 Å². The first-order chi connectivity index (χ1) is 38.0. The smallest absolute Gasteiger partial charge is 0.268 e. The first-order valence-corrected chi connectivity index (χ1v) is 24.1. The van der Waals surface area contributed by atoms with E-state index in [-0.39, 0.29) is 48.7 Å². The summed E-state index contributed by atoms with van der Waals surface area (Å²) in [5.74, 6) is 0.648. The van der Waals surface area contributed by atoms with Gasteiger partial charge in [0, 0.05) is 49.8 Å². The van der Waals surface area contributed by atoms with E-state index in [1.807, 2.05) is 83.6 Å². The Labute approximate surface area is 451 Å². The third kappa shape index (κ3) is 9.59. The van der Waals surface area contributed by atoms with Crippen molar-refractivity contribution in [1.82, 2.24) is 14.1 Å². The fourth-order valence-electron chi connectivity index (χ4n) is 9.41. The zero-order valence-corrected chi connectivity index (χ0v) is 43.5. The summed E-state index contributed by atoms with van der Waals surface area (Å²) < 4.78 is 94.0. The minimum atomic E-state index is -1.87. The van der Waals surface area contributed by atoms with Gasteiger partial charge in [0.25, 0.3) is 6.33 Å². The van der Waals surface area contributed by atoms with Crippen LogP contribution in [0.15, 0.2) is 188 Å². The molecule has 0 unspecified atom stereocenters. The molecule has 0 aliphatic heterocycles. The number of hydrogen-bond donors (Lipinski definition) is 0. The van der Waals surface area contributed by atoms with Crippen molar-refractivity contribution in [2.24, 2.45) is 11.8 Å². The first-order valence-electron chi connectivity index (χ1n) is 28.6.